The van der Waals surface area contributed by atoms with Crippen LogP contribution in [0, 0.1) is 0 Å². The van der Waals surface area contributed by atoms with Gasteiger partial charge in [0.2, 0.25) is 6.79 Å². The van der Waals surface area contributed by atoms with Crippen molar-refractivity contribution < 1.29 is 19.0 Å². The second-order valence-corrected chi connectivity index (χ2v) is 6.01. The number of carbonyl (C=O) groups is 1. The van der Waals surface area contributed by atoms with Crippen LogP contribution in [0.25, 0.3) is 0 Å². The van der Waals surface area contributed by atoms with E-state index in [1.54, 1.807) is 18.2 Å². The van der Waals surface area contributed by atoms with E-state index in [4.69, 9.17) is 14.2 Å². The molecule has 1 aromatic heterocycles. The first kappa shape index (κ1) is 15.9. The summed E-state index contributed by atoms with van der Waals surface area (Å²) < 4.78 is 18.1. The quantitative estimate of drug-likeness (QED) is 0.841. The molecule has 0 radical (unpaired) electrons. The third-order valence-electron chi connectivity index (χ3n) is 4.58. The Morgan fingerprint density at radius 2 is 2.12 bits per heavy atom. The SMILES string of the molecule is CCOCc1nnc2n1CCN(C(=O)c1ccc3c(c1)OCO3)[C@@H]2C. The predicted octanol–water partition coefficient (Wildman–Crippen LogP) is 1.76. The van der Waals surface area contributed by atoms with Crippen molar-refractivity contribution in [2.24, 2.45) is 0 Å². The van der Waals surface area contributed by atoms with Crippen LogP contribution >= 0.6 is 0 Å². The number of carbonyl (C=O) groups excluding carboxylic acids is 1. The lowest BCUT2D eigenvalue weighted by atomic mass is 10.1. The van der Waals surface area contributed by atoms with Crippen LogP contribution in [0.3, 0.4) is 0 Å². The van der Waals surface area contributed by atoms with Gasteiger partial charge in [0.1, 0.15) is 6.61 Å². The number of benzene rings is 1. The molecule has 0 N–H and O–H groups in total. The molecule has 0 saturated heterocycles. The third kappa shape index (κ3) is 2.72. The molecule has 1 aromatic carbocycles. The lowest BCUT2D eigenvalue weighted by molar-refractivity contribution is 0.0629. The maximum Gasteiger partial charge on any atom is 0.254 e. The number of rotatable bonds is 4. The average Bonchev–Trinajstić information content (AvgIpc) is 3.26. The summed E-state index contributed by atoms with van der Waals surface area (Å²) in [4.78, 5) is 14.8. The molecule has 1 atom stereocenters. The first-order valence-corrected chi connectivity index (χ1v) is 8.39. The van der Waals surface area contributed by atoms with Gasteiger partial charge in [-0.25, -0.2) is 0 Å². The van der Waals surface area contributed by atoms with Gasteiger partial charge in [-0.3, -0.25) is 4.79 Å². The van der Waals surface area contributed by atoms with E-state index >= 15 is 0 Å². The van der Waals surface area contributed by atoms with Crippen molar-refractivity contribution in [3.8, 4) is 11.5 Å². The zero-order chi connectivity index (χ0) is 17.4. The third-order valence-corrected chi connectivity index (χ3v) is 4.58. The molecule has 0 unspecified atom stereocenters. The number of hydrogen-bond donors (Lipinski definition) is 0. The lowest BCUT2D eigenvalue weighted by Crippen LogP contribution is -2.41. The molecule has 2 aliphatic heterocycles. The molecule has 0 fully saturated rings. The van der Waals surface area contributed by atoms with Gasteiger partial charge in [0.05, 0.1) is 6.04 Å². The minimum atomic E-state index is -0.158. The molecule has 25 heavy (non-hydrogen) atoms. The van der Waals surface area contributed by atoms with Crippen LogP contribution in [0.5, 0.6) is 11.5 Å². The maximum absolute atomic E-state index is 12.9. The van der Waals surface area contributed by atoms with Gasteiger partial charge < -0.3 is 23.7 Å². The van der Waals surface area contributed by atoms with Crippen molar-refractivity contribution in [1.82, 2.24) is 19.7 Å². The number of hydrogen-bond acceptors (Lipinski definition) is 6. The summed E-state index contributed by atoms with van der Waals surface area (Å²) in [5.41, 5.74) is 0.582. The molecule has 3 heterocycles. The van der Waals surface area contributed by atoms with Crippen LogP contribution in [0.4, 0.5) is 0 Å². The van der Waals surface area contributed by atoms with Gasteiger partial charge in [-0.2, -0.15) is 0 Å². The van der Waals surface area contributed by atoms with Crippen LogP contribution in [0.1, 0.15) is 41.9 Å². The zero-order valence-electron chi connectivity index (χ0n) is 14.3. The standard InChI is InChI=1S/C17H20N4O4/c1-3-23-9-15-18-19-16-11(2)20(6-7-21(15)16)17(22)12-4-5-13-14(8-12)25-10-24-13/h4-5,8,11H,3,6-7,9-10H2,1-2H3/t11-/m1/s1. The molecule has 0 spiro atoms. The van der Waals surface area contributed by atoms with E-state index in [-0.39, 0.29) is 18.7 Å². The van der Waals surface area contributed by atoms with Crippen LogP contribution in [0.2, 0.25) is 0 Å². The van der Waals surface area contributed by atoms with Gasteiger partial charge >= 0.3 is 0 Å². The second-order valence-electron chi connectivity index (χ2n) is 6.01. The average molecular weight is 344 g/mol. The molecule has 1 amide bonds. The summed E-state index contributed by atoms with van der Waals surface area (Å²) in [6, 6.07) is 5.11. The Morgan fingerprint density at radius 1 is 1.28 bits per heavy atom. The van der Waals surface area contributed by atoms with E-state index < -0.39 is 0 Å². The summed E-state index contributed by atoms with van der Waals surface area (Å²) in [6.07, 6.45) is 0. The van der Waals surface area contributed by atoms with Crippen molar-refractivity contribution in [1.29, 1.82) is 0 Å². The van der Waals surface area contributed by atoms with Crippen molar-refractivity contribution >= 4 is 5.91 Å². The highest BCUT2D eigenvalue weighted by molar-refractivity contribution is 5.95. The molecule has 4 rings (SSSR count). The monoisotopic (exact) mass is 344 g/mol. The van der Waals surface area contributed by atoms with E-state index in [2.05, 4.69) is 10.2 Å². The fraction of sp³-hybridized carbons (Fsp3) is 0.471. The Morgan fingerprint density at radius 3 is 2.96 bits per heavy atom. The molecule has 0 saturated carbocycles. The lowest BCUT2D eigenvalue weighted by Gasteiger charge is -2.33. The summed E-state index contributed by atoms with van der Waals surface area (Å²) in [5, 5.41) is 8.48. The number of amides is 1. The Labute approximate surface area is 145 Å². The summed E-state index contributed by atoms with van der Waals surface area (Å²) in [5.74, 6) is 2.82. The molecular formula is C17H20N4O4. The van der Waals surface area contributed by atoms with Gasteiger partial charge in [0.25, 0.3) is 5.91 Å². The number of nitrogens with zero attached hydrogens (tertiary/aromatic N) is 4. The normalized spacial score (nSPS) is 18.3. The van der Waals surface area contributed by atoms with Crippen LogP contribution < -0.4 is 9.47 Å². The van der Waals surface area contributed by atoms with Crippen molar-refractivity contribution in [2.45, 2.75) is 33.0 Å². The van der Waals surface area contributed by atoms with E-state index in [1.807, 2.05) is 23.3 Å². The van der Waals surface area contributed by atoms with E-state index in [0.717, 1.165) is 11.6 Å². The van der Waals surface area contributed by atoms with E-state index in [0.29, 0.717) is 43.4 Å². The molecule has 132 valence electrons. The van der Waals surface area contributed by atoms with Crippen molar-refractivity contribution in [3.63, 3.8) is 0 Å². The smallest absolute Gasteiger partial charge is 0.254 e. The van der Waals surface area contributed by atoms with Gasteiger partial charge in [0.15, 0.2) is 23.1 Å². The molecule has 2 aromatic rings. The molecule has 0 bridgehead atoms. The molecule has 2 aliphatic rings. The number of ether oxygens (including phenoxy) is 3. The topological polar surface area (TPSA) is 78.7 Å². The fourth-order valence-electron chi connectivity index (χ4n) is 3.22. The Bertz CT molecular complexity index is 804. The number of aromatic nitrogens is 3. The summed E-state index contributed by atoms with van der Waals surface area (Å²) >= 11 is 0. The first-order valence-electron chi connectivity index (χ1n) is 8.39. The highest BCUT2D eigenvalue weighted by Crippen LogP contribution is 2.34. The van der Waals surface area contributed by atoms with Crippen molar-refractivity contribution in [3.05, 3.63) is 35.4 Å². The minimum absolute atomic E-state index is 0.0496. The Kier molecular flexibility index (Phi) is 4.04. The summed E-state index contributed by atoms with van der Waals surface area (Å²) in [7, 11) is 0. The van der Waals surface area contributed by atoms with Gasteiger partial charge in [0, 0.05) is 25.3 Å². The van der Waals surface area contributed by atoms with E-state index in [9.17, 15) is 4.79 Å². The van der Waals surface area contributed by atoms with Gasteiger partial charge in [-0.05, 0) is 32.0 Å². The zero-order valence-corrected chi connectivity index (χ0v) is 14.3. The maximum atomic E-state index is 12.9. The van der Waals surface area contributed by atoms with Crippen LogP contribution in [-0.2, 0) is 17.9 Å². The minimum Gasteiger partial charge on any atom is -0.454 e. The highest BCUT2D eigenvalue weighted by atomic mass is 16.7. The Hall–Kier alpha value is -2.61. The second kappa shape index (κ2) is 6.36. The number of fused-ring (bicyclic) bond motifs is 2. The first-order chi connectivity index (χ1) is 12.2. The largest absolute Gasteiger partial charge is 0.454 e. The van der Waals surface area contributed by atoms with Gasteiger partial charge in [-0.1, -0.05) is 0 Å². The van der Waals surface area contributed by atoms with Crippen LogP contribution in [-0.4, -0.2) is 45.5 Å². The molecular weight excluding hydrogens is 324 g/mol. The predicted molar refractivity (Wildman–Crippen MR) is 87.4 cm³/mol. The van der Waals surface area contributed by atoms with Crippen molar-refractivity contribution in [2.75, 3.05) is 19.9 Å². The Balaban J connectivity index is 1.56. The van der Waals surface area contributed by atoms with E-state index in [1.165, 1.54) is 0 Å². The molecule has 8 nitrogen and oxygen atoms in total. The molecule has 8 heteroatoms. The highest BCUT2D eigenvalue weighted by Gasteiger charge is 2.32. The molecule has 0 aliphatic carbocycles. The van der Waals surface area contributed by atoms with Crippen LogP contribution in [0.15, 0.2) is 18.2 Å². The fourth-order valence-corrected chi connectivity index (χ4v) is 3.22. The van der Waals surface area contributed by atoms with Gasteiger partial charge in [-0.15, -0.1) is 10.2 Å². The summed E-state index contributed by atoms with van der Waals surface area (Å²) in [6.45, 7) is 6.43.